The van der Waals surface area contributed by atoms with Gasteiger partial charge in [-0.2, -0.15) is 0 Å². The Labute approximate surface area is 119 Å². The average Bonchev–Trinajstić information content (AvgIpc) is 2.62. The van der Waals surface area contributed by atoms with Crippen LogP contribution in [-0.2, 0) is 4.79 Å². The summed E-state index contributed by atoms with van der Waals surface area (Å²) in [5, 5.41) is 9.57. The highest BCUT2D eigenvalue weighted by Crippen LogP contribution is 2.32. The van der Waals surface area contributed by atoms with Crippen molar-refractivity contribution in [2.24, 2.45) is 0 Å². The molecule has 0 amide bonds. The van der Waals surface area contributed by atoms with Crippen molar-refractivity contribution in [3.8, 4) is 5.75 Å². The van der Waals surface area contributed by atoms with Crippen LogP contribution in [0.5, 0.6) is 5.75 Å². The SMILES string of the molecule is CC/C=C/CCN1CCOc2ccccc2C1C(=O)O. The summed E-state index contributed by atoms with van der Waals surface area (Å²) < 4.78 is 5.66. The van der Waals surface area contributed by atoms with Gasteiger partial charge in [0, 0.05) is 18.7 Å². The normalized spacial score (nSPS) is 19.4. The molecule has 1 heterocycles. The monoisotopic (exact) mass is 275 g/mol. The van der Waals surface area contributed by atoms with E-state index in [0.717, 1.165) is 24.9 Å². The zero-order valence-electron chi connectivity index (χ0n) is 11.8. The molecule has 0 fully saturated rings. The Morgan fingerprint density at radius 3 is 3.00 bits per heavy atom. The number of nitrogens with zero attached hydrogens (tertiary/aromatic N) is 1. The number of carbonyl (C=O) groups is 1. The zero-order chi connectivity index (χ0) is 14.4. The maximum Gasteiger partial charge on any atom is 0.325 e. The molecule has 0 saturated heterocycles. The predicted octanol–water partition coefficient (Wildman–Crippen LogP) is 2.86. The van der Waals surface area contributed by atoms with Gasteiger partial charge in [0.2, 0.25) is 0 Å². The van der Waals surface area contributed by atoms with Crippen LogP contribution >= 0.6 is 0 Å². The van der Waals surface area contributed by atoms with Gasteiger partial charge in [0.05, 0.1) is 0 Å². The van der Waals surface area contributed by atoms with E-state index >= 15 is 0 Å². The second kappa shape index (κ2) is 7.10. The second-order valence-electron chi connectivity index (χ2n) is 4.83. The van der Waals surface area contributed by atoms with Gasteiger partial charge in [0.1, 0.15) is 18.4 Å². The molecule has 1 aromatic carbocycles. The van der Waals surface area contributed by atoms with Gasteiger partial charge < -0.3 is 9.84 Å². The lowest BCUT2D eigenvalue weighted by molar-refractivity contribution is -0.143. The minimum atomic E-state index is -0.817. The minimum absolute atomic E-state index is 0.526. The number of benzene rings is 1. The fourth-order valence-corrected chi connectivity index (χ4v) is 2.49. The lowest BCUT2D eigenvalue weighted by Gasteiger charge is -2.26. The van der Waals surface area contributed by atoms with Crippen LogP contribution in [-0.4, -0.2) is 35.7 Å². The Kier molecular flexibility index (Phi) is 5.18. The third-order valence-electron chi connectivity index (χ3n) is 3.43. The van der Waals surface area contributed by atoms with Crippen molar-refractivity contribution in [3.05, 3.63) is 42.0 Å². The van der Waals surface area contributed by atoms with Crippen molar-refractivity contribution >= 4 is 5.97 Å². The molecule has 0 bridgehead atoms. The topological polar surface area (TPSA) is 49.8 Å². The third kappa shape index (κ3) is 3.39. The van der Waals surface area contributed by atoms with Gasteiger partial charge in [-0.15, -0.1) is 0 Å². The molecular weight excluding hydrogens is 254 g/mol. The fraction of sp³-hybridized carbons (Fsp3) is 0.438. The number of carboxylic acids is 1. The van der Waals surface area contributed by atoms with Crippen LogP contribution in [0.25, 0.3) is 0 Å². The van der Waals surface area contributed by atoms with Crippen molar-refractivity contribution in [2.75, 3.05) is 19.7 Å². The van der Waals surface area contributed by atoms with Gasteiger partial charge in [-0.1, -0.05) is 37.3 Å². The summed E-state index contributed by atoms with van der Waals surface area (Å²) in [6, 6.07) is 6.79. The second-order valence-corrected chi connectivity index (χ2v) is 4.83. The number of hydrogen-bond acceptors (Lipinski definition) is 3. The number of rotatable bonds is 5. The molecule has 0 saturated carbocycles. The molecule has 0 aliphatic carbocycles. The number of hydrogen-bond donors (Lipinski definition) is 1. The highest BCUT2D eigenvalue weighted by Gasteiger charge is 2.31. The van der Waals surface area contributed by atoms with Crippen molar-refractivity contribution in [3.63, 3.8) is 0 Å². The Morgan fingerprint density at radius 2 is 2.25 bits per heavy atom. The number of carboxylic acid groups (broad SMARTS) is 1. The van der Waals surface area contributed by atoms with Crippen molar-refractivity contribution < 1.29 is 14.6 Å². The van der Waals surface area contributed by atoms with E-state index in [4.69, 9.17) is 4.74 Å². The average molecular weight is 275 g/mol. The molecule has 4 nitrogen and oxygen atoms in total. The molecule has 0 radical (unpaired) electrons. The smallest absolute Gasteiger partial charge is 0.325 e. The molecule has 0 aromatic heterocycles. The Hall–Kier alpha value is -1.81. The van der Waals surface area contributed by atoms with Gasteiger partial charge in [-0.3, -0.25) is 9.69 Å². The molecule has 4 heteroatoms. The van der Waals surface area contributed by atoms with Crippen molar-refractivity contribution in [1.82, 2.24) is 4.90 Å². The molecule has 1 atom stereocenters. The maximum atomic E-state index is 11.7. The summed E-state index contributed by atoms with van der Waals surface area (Å²) in [5.41, 5.74) is 0.747. The Morgan fingerprint density at radius 1 is 1.45 bits per heavy atom. The van der Waals surface area contributed by atoms with Crippen LogP contribution in [0.3, 0.4) is 0 Å². The molecule has 2 rings (SSSR count). The molecule has 1 unspecified atom stereocenters. The molecule has 0 spiro atoms. The van der Waals surface area contributed by atoms with E-state index in [1.54, 1.807) is 0 Å². The van der Waals surface area contributed by atoms with Gasteiger partial charge in [0.15, 0.2) is 0 Å². The van der Waals surface area contributed by atoms with E-state index in [-0.39, 0.29) is 0 Å². The van der Waals surface area contributed by atoms with Crippen LogP contribution in [0.15, 0.2) is 36.4 Å². The Balaban J connectivity index is 2.19. The number of para-hydroxylation sites is 1. The first-order chi connectivity index (χ1) is 9.74. The lowest BCUT2D eigenvalue weighted by atomic mass is 10.0. The van der Waals surface area contributed by atoms with Crippen LogP contribution in [0, 0.1) is 0 Å². The van der Waals surface area contributed by atoms with Crippen molar-refractivity contribution in [1.29, 1.82) is 0 Å². The molecular formula is C16H21NO3. The molecule has 1 aliphatic rings. The standard InChI is InChI=1S/C16H21NO3/c1-2-3-4-7-10-17-11-12-20-14-9-6-5-8-13(14)15(17)16(18)19/h3-6,8-9,15H,2,7,10-12H2,1H3,(H,18,19)/b4-3+. The number of allylic oxidation sites excluding steroid dienone is 1. The first-order valence-electron chi connectivity index (χ1n) is 7.07. The fourth-order valence-electron chi connectivity index (χ4n) is 2.49. The summed E-state index contributed by atoms with van der Waals surface area (Å²) in [4.78, 5) is 13.6. The first kappa shape index (κ1) is 14.6. The molecule has 20 heavy (non-hydrogen) atoms. The number of ether oxygens (including phenoxy) is 1. The summed E-state index contributed by atoms with van der Waals surface area (Å²) in [6.07, 6.45) is 6.09. The summed E-state index contributed by atoms with van der Waals surface area (Å²) >= 11 is 0. The third-order valence-corrected chi connectivity index (χ3v) is 3.43. The lowest BCUT2D eigenvalue weighted by Crippen LogP contribution is -2.35. The number of fused-ring (bicyclic) bond motifs is 1. The number of aliphatic carboxylic acids is 1. The van der Waals surface area contributed by atoms with E-state index in [1.807, 2.05) is 29.2 Å². The minimum Gasteiger partial charge on any atom is -0.492 e. The predicted molar refractivity (Wildman–Crippen MR) is 77.9 cm³/mol. The van der Waals surface area contributed by atoms with Crippen molar-refractivity contribution in [2.45, 2.75) is 25.8 Å². The van der Waals surface area contributed by atoms with E-state index in [9.17, 15) is 9.90 Å². The van der Waals surface area contributed by atoms with E-state index in [1.165, 1.54) is 0 Å². The maximum absolute atomic E-state index is 11.7. The highest BCUT2D eigenvalue weighted by molar-refractivity contribution is 5.76. The van der Waals surface area contributed by atoms with Crippen LogP contribution < -0.4 is 4.74 Å². The Bertz CT molecular complexity index is 484. The summed E-state index contributed by atoms with van der Waals surface area (Å²) in [6.45, 7) is 3.97. The summed E-state index contributed by atoms with van der Waals surface area (Å²) in [7, 11) is 0. The van der Waals surface area contributed by atoms with E-state index in [2.05, 4.69) is 19.1 Å². The van der Waals surface area contributed by atoms with Crippen LogP contribution in [0.4, 0.5) is 0 Å². The van der Waals surface area contributed by atoms with E-state index < -0.39 is 12.0 Å². The molecule has 1 aliphatic heterocycles. The van der Waals surface area contributed by atoms with E-state index in [0.29, 0.717) is 18.9 Å². The van der Waals surface area contributed by atoms with Crippen LogP contribution in [0.2, 0.25) is 0 Å². The van der Waals surface area contributed by atoms with Gasteiger partial charge in [0.25, 0.3) is 0 Å². The zero-order valence-corrected chi connectivity index (χ0v) is 11.8. The first-order valence-corrected chi connectivity index (χ1v) is 7.07. The van der Waals surface area contributed by atoms with Crippen LogP contribution in [0.1, 0.15) is 31.4 Å². The van der Waals surface area contributed by atoms with Gasteiger partial charge in [-0.05, 0) is 18.9 Å². The molecule has 108 valence electrons. The highest BCUT2D eigenvalue weighted by atomic mass is 16.5. The van der Waals surface area contributed by atoms with Gasteiger partial charge >= 0.3 is 5.97 Å². The largest absolute Gasteiger partial charge is 0.492 e. The summed E-state index contributed by atoms with van der Waals surface area (Å²) in [5.74, 6) is -0.131. The molecule has 1 aromatic rings. The molecule has 1 N–H and O–H groups in total. The van der Waals surface area contributed by atoms with Gasteiger partial charge in [-0.25, -0.2) is 0 Å². The quantitative estimate of drug-likeness (QED) is 0.839.